The summed E-state index contributed by atoms with van der Waals surface area (Å²) in [4.78, 5) is 0. The Labute approximate surface area is 48.2 Å². The Balaban J connectivity index is 3.05. The molecule has 1 aromatic rings. The van der Waals surface area contributed by atoms with Crippen molar-refractivity contribution in [2.24, 2.45) is 0 Å². The van der Waals surface area contributed by atoms with Crippen LogP contribution >= 0.6 is 0 Å². The lowest BCUT2D eigenvalue weighted by atomic mass is 10.2. The van der Waals surface area contributed by atoms with Gasteiger partial charge < -0.3 is 0 Å². The first-order valence-corrected chi connectivity index (χ1v) is 2.22. The van der Waals surface area contributed by atoms with Crippen LogP contribution in [0.25, 0.3) is 0 Å². The van der Waals surface area contributed by atoms with Gasteiger partial charge in [-0.3, -0.25) is 0 Å². The van der Waals surface area contributed by atoms with Crippen LogP contribution in [0.3, 0.4) is 0 Å². The van der Waals surface area contributed by atoms with Crippen molar-refractivity contribution in [2.45, 2.75) is 0 Å². The van der Waals surface area contributed by atoms with Gasteiger partial charge in [-0.15, -0.1) is 0 Å². The van der Waals surface area contributed by atoms with Crippen molar-refractivity contribution in [1.82, 2.24) is 0 Å². The summed E-state index contributed by atoms with van der Waals surface area (Å²) in [5.41, 5.74) is 0.465. The number of hydrogen-bond donors (Lipinski definition) is 0. The van der Waals surface area contributed by atoms with Gasteiger partial charge in [0.15, 0.2) is 0 Å². The smallest absolute Gasteiger partial charge is 0.100 e. The molecule has 0 saturated carbocycles. The predicted molar refractivity (Wildman–Crippen MR) is 28.8 cm³/mol. The molecule has 0 fully saturated rings. The highest BCUT2D eigenvalue weighted by atomic mass is 14.2. The van der Waals surface area contributed by atoms with Crippen molar-refractivity contribution < 1.29 is 0 Å². The molecular weight excluding hydrogens is 98.1 g/mol. The van der Waals surface area contributed by atoms with Gasteiger partial charge in [-0.25, -0.2) is 0 Å². The van der Waals surface area contributed by atoms with Gasteiger partial charge in [-0.2, -0.15) is 5.26 Å². The van der Waals surface area contributed by atoms with Gasteiger partial charge in [0, 0.05) is 12.1 Å². The number of nitriles is 1. The maximum atomic E-state index is 8.23. The molecule has 0 atom stereocenters. The standard InChI is InChI=1S/C7H3N/c8-6-7-4-2-1-3-5-7/h1-3H. The Hall–Kier alpha value is -1.29. The first-order valence-electron chi connectivity index (χ1n) is 2.22. The Bertz CT molecular complexity index is 195. The van der Waals surface area contributed by atoms with E-state index in [4.69, 9.17) is 5.26 Å². The van der Waals surface area contributed by atoms with Gasteiger partial charge in [-0.05, 0) is 0 Å². The van der Waals surface area contributed by atoms with Gasteiger partial charge in [0.2, 0.25) is 0 Å². The molecule has 0 amide bonds. The molecule has 0 spiro atoms. The molecule has 0 aliphatic heterocycles. The van der Waals surface area contributed by atoms with Gasteiger partial charge in [0.25, 0.3) is 0 Å². The van der Waals surface area contributed by atoms with Crippen molar-refractivity contribution in [3.63, 3.8) is 0 Å². The molecule has 8 heavy (non-hydrogen) atoms. The zero-order valence-corrected chi connectivity index (χ0v) is 4.18. The van der Waals surface area contributed by atoms with Gasteiger partial charge >= 0.3 is 0 Å². The van der Waals surface area contributed by atoms with Crippen LogP contribution in [0.2, 0.25) is 0 Å². The van der Waals surface area contributed by atoms with E-state index < -0.39 is 0 Å². The van der Waals surface area contributed by atoms with Crippen molar-refractivity contribution in [3.05, 3.63) is 35.9 Å². The summed E-state index contributed by atoms with van der Waals surface area (Å²) in [6.07, 6.45) is 0. The Morgan fingerprint density at radius 2 is 2.00 bits per heavy atom. The third kappa shape index (κ3) is 0.855. The van der Waals surface area contributed by atoms with E-state index in [1.165, 1.54) is 0 Å². The summed E-state index contributed by atoms with van der Waals surface area (Å²) in [6.45, 7) is 0. The summed E-state index contributed by atoms with van der Waals surface area (Å²) < 4.78 is 0. The zero-order chi connectivity index (χ0) is 5.82. The third-order valence-electron chi connectivity index (χ3n) is 0.760. The van der Waals surface area contributed by atoms with E-state index in [2.05, 4.69) is 12.1 Å². The zero-order valence-electron chi connectivity index (χ0n) is 4.18. The molecule has 2 radical (unpaired) electrons. The van der Waals surface area contributed by atoms with Crippen molar-refractivity contribution in [3.8, 4) is 6.07 Å². The highest BCUT2D eigenvalue weighted by Crippen LogP contribution is 1.90. The molecule has 1 rings (SSSR count). The van der Waals surface area contributed by atoms with Crippen LogP contribution in [-0.2, 0) is 0 Å². The van der Waals surface area contributed by atoms with E-state index in [0.29, 0.717) is 5.56 Å². The second-order valence-corrected chi connectivity index (χ2v) is 1.30. The summed E-state index contributed by atoms with van der Waals surface area (Å²) in [5.74, 6) is 0. The molecule has 1 nitrogen and oxygen atoms in total. The number of rotatable bonds is 0. The third-order valence-corrected chi connectivity index (χ3v) is 0.760. The van der Waals surface area contributed by atoms with Crippen LogP contribution in [-0.4, -0.2) is 0 Å². The molecule has 0 unspecified atom stereocenters. The van der Waals surface area contributed by atoms with Gasteiger partial charge in [0.1, 0.15) is 6.07 Å². The molecule has 1 aromatic carbocycles. The fourth-order valence-electron chi connectivity index (χ4n) is 0.417. The van der Waals surface area contributed by atoms with Gasteiger partial charge in [0.05, 0.1) is 5.56 Å². The van der Waals surface area contributed by atoms with E-state index >= 15 is 0 Å². The quantitative estimate of drug-likeness (QED) is 0.481. The summed E-state index contributed by atoms with van der Waals surface area (Å²) in [6, 6.07) is 12.5. The average molecular weight is 101 g/mol. The first kappa shape index (κ1) is 4.86. The number of hydrogen-bond acceptors (Lipinski definition) is 1. The minimum absolute atomic E-state index is 0.465. The average Bonchev–Trinajstić information content (AvgIpc) is 1.90. The largest absolute Gasteiger partial charge is 0.192 e. The molecule has 1 heteroatoms. The Morgan fingerprint density at radius 3 is 2.38 bits per heavy atom. The van der Waals surface area contributed by atoms with Crippen molar-refractivity contribution in [2.75, 3.05) is 0 Å². The maximum absolute atomic E-state index is 8.23. The van der Waals surface area contributed by atoms with E-state index in [0.717, 1.165) is 0 Å². The van der Waals surface area contributed by atoms with Crippen LogP contribution in [0.1, 0.15) is 5.56 Å². The molecule has 0 aromatic heterocycles. The van der Waals surface area contributed by atoms with E-state index in [-0.39, 0.29) is 0 Å². The summed E-state index contributed by atoms with van der Waals surface area (Å²) in [7, 11) is 0. The molecule has 36 valence electrons. The topological polar surface area (TPSA) is 23.8 Å². The van der Waals surface area contributed by atoms with Crippen LogP contribution < -0.4 is 0 Å². The fourth-order valence-corrected chi connectivity index (χ4v) is 0.417. The van der Waals surface area contributed by atoms with E-state index in [1.807, 2.05) is 6.07 Å². The molecule has 0 N–H and O–H groups in total. The predicted octanol–water partition coefficient (Wildman–Crippen LogP) is 1.16. The molecule has 0 heterocycles. The maximum Gasteiger partial charge on any atom is 0.100 e. The van der Waals surface area contributed by atoms with Crippen molar-refractivity contribution >= 4 is 0 Å². The lowest BCUT2D eigenvalue weighted by molar-refractivity contribution is 1.47. The van der Waals surface area contributed by atoms with Crippen molar-refractivity contribution in [1.29, 1.82) is 5.26 Å². The summed E-state index contributed by atoms with van der Waals surface area (Å²) in [5, 5.41) is 8.23. The second kappa shape index (κ2) is 2.13. The van der Waals surface area contributed by atoms with Crippen LogP contribution in [0, 0.1) is 23.5 Å². The molecular formula is C7H3N. The van der Waals surface area contributed by atoms with E-state index in [9.17, 15) is 0 Å². The minimum Gasteiger partial charge on any atom is -0.192 e. The van der Waals surface area contributed by atoms with E-state index in [1.54, 1.807) is 18.2 Å². The fraction of sp³-hybridized carbons (Fsp3) is 0. The molecule has 0 bridgehead atoms. The minimum atomic E-state index is 0.465. The molecule has 0 saturated heterocycles. The number of nitrogens with zero attached hydrogens (tertiary/aromatic N) is 1. The SMILES string of the molecule is N#Cc1[c]ccc[c]1. The Morgan fingerprint density at radius 1 is 1.38 bits per heavy atom. The number of benzene rings is 1. The highest BCUT2D eigenvalue weighted by molar-refractivity contribution is 5.24. The highest BCUT2D eigenvalue weighted by Gasteiger charge is 1.81. The summed E-state index contributed by atoms with van der Waals surface area (Å²) >= 11 is 0. The van der Waals surface area contributed by atoms with Crippen LogP contribution in [0.15, 0.2) is 18.2 Å². The molecule has 0 aliphatic carbocycles. The normalized spacial score (nSPS) is 7.88. The lowest BCUT2D eigenvalue weighted by Gasteiger charge is -1.77. The second-order valence-electron chi connectivity index (χ2n) is 1.30. The Kier molecular flexibility index (Phi) is 1.29. The first-order chi connectivity index (χ1) is 3.93. The molecule has 0 aliphatic rings. The monoisotopic (exact) mass is 101 g/mol. The lowest BCUT2D eigenvalue weighted by Crippen LogP contribution is -1.68. The van der Waals surface area contributed by atoms with Gasteiger partial charge in [-0.1, -0.05) is 18.2 Å². The van der Waals surface area contributed by atoms with Crippen LogP contribution in [0.4, 0.5) is 0 Å². The van der Waals surface area contributed by atoms with Crippen LogP contribution in [0.5, 0.6) is 0 Å².